The molecule has 0 aliphatic carbocycles. The van der Waals surface area contributed by atoms with E-state index in [9.17, 15) is 23.9 Å². The van der Waals surface area contributed by atoms with E-state index in [0.29, 0.717) is 30.0 Å². The van der Waals surface area contributed by atoms with Gasteiger partial charge in [0.2, 0.25) is 0 Å². The summed E-state index contributed by atoms with van der Waals surface area (Å²) in [6, 6.07) is 12.4. The van der Waals surface area contributed by atoms with Gasteiger partial charge in [0.15, 0.2) is 0 Å². The minimum Gasteiger partial charge on any atom is -0.480 e. The maximum Gasteiger partial charge on any atom is 0.326 e. The van der Waals surface area contributed by atoms with Crippen LogP contribution in [-0.4, -0.2) is 35.2 Å². The van der Waals surface area contributed by atoms with Gasteiger partial charge in [-0.3, -0.25) is 9.59 Å². The number of carboxylic acid groups (broad SMARTS) is 1. The maximum atomic E-state index is 13.8. The Morgan fingerprint density at radius 1 is 1.06 bits per heavy atom. The van der Waals surface area contributed by atoms with Crippen LogP contribution in [0.1, 0.15) is 25.1 Å². The first-order valence-electron chi connectivity index (χ1n) is 11.7. The number of carboxylic acids is 1. The zero-order valence-electron chi connectivity index (χ0n) is 20.3. The lowest BCUT2D eigenvalue weighted by Crippen LogP contribution is -2.45. The molecule has 186 valence electrons. The van der Waals surface area contributed by atoms with Gasteiger partial charge < -0.3 is 20.6 Å². The van der Waals surface area contributed by atoms with E-state index in [1.54, 1.807) is 35.2 Å². The number of hydrogen-bond acceptors (Lipinski definition) is 7. The molecule has 0 aliphatic rings. The molecule has 0 fully saturated rings. The topological polar surface area (TPSA) is 112 Å². The van der Waals surface area contributed by atoms with Gasteiger partial charge in [-0.1, -0.05) is 18.2 Å². The minimum absolute atomic E-state index is 0.0546. The Labute approximate surface area is 207 Å². The number of nitrogens with one attached hydrogen (secondary N) is 2. The molecular weight excluding hydrogens is 463 g/mol. The molecule has 0 bridgehead atoms. The maximum absolute atomic E-state index is 13.8. The number of carbonyl (C=O) groups is 1. The fraction of sp³-hybridized carbons (Fsp3) is 0.259. The first kappa shape index (κ1) is 24.8. The lowest BCUT2D eigenvalue weighted by Gasteiger charge is -2.26. The molecule has 36 heavy (non-hydrogen) atoms. The number of nitrogens with zero attached hydrogens (tertiary/aromatic N) is 2. The van der Waals surface area contributed by atoms with Gasteiger partial charge in [-0.25, -0.2) is 14.2 Å². The van der Waals surface area contributed by atoms with Crippen LogP contribution in [0.25, 0.3) is 10.8 Å². The van der Waals surface area contributed by atoms with Crippen LogP contribution in [0.15, 0.2) is 58.1 Å². The van der Waals surface area contributed by atoms with Crippen molar-refractivity contribution in [3.63, 3.8) is 0 Å². The van der Waals surface area contributed by atoms with Crippen molar-refractivity contribution in [2.75, 3.05) is 28.6 Å². The fourth-order valence-corrected chi connectivity index (χ4v) is 4.27. The fourth-order valence-electron chi connectivity index (χ4n) is 4.27. The molecular formula is C27H27FN4O4. The summed E-state index contributed by atoms with van der Waals surface area (Å²) in [5, 5.41) is 17.2. The van der Waals surface area contributed by atoms with Crippen molar-refractivity contribution in [3.05, 3.63) is 86.1 Å². The highest BCUT2D eigenvalue weighted by Crippen LogP contribution is 2.27. The van der Waals surface area contributed by atoms with Crippen LogP contribution in [0.3, 0.4) is 0 Å². The summed E-state index contributed by atoms with van der Waals surface area (Å²) in [6.45, 7) is 6.64. The number of rotatable bonds is 10. The van der Waals surface area contributed by atoms with Crippen LogP contribution in [-0.2, 0) is 11.2 Å². The normalized spacial score (nSPS) is 12.0. The second-order valence-corrected chi connectivity index (χ2v) is 8.59. The zero-order valence-corrected chi connectivity index (χ0v) is 20.3. The van der Waals surface area contributed by atoms with E-state index in [1.807, 2.05) is 26.8 Å². The number of halogens is 1. The summed E-state index contributed by atoms with van der Waals surface area (Å²) in [5.41, 5.74) is 1.20. The van der Waals surface area contributed by atoms with Gasteiger partial charge in [-0.2, -0.15) is 0 Å². The average molecular weight is 491 g/mol. The van der Waals surface area contributed by atoms with Gasteiger partial charge in [0.25, 0.3) is 10.9 Å². The van der Waals surface area contributed by atoms with Crippen molar-refractivity contribution in [2.45, 2.75) is 33.2 Å². The third-order valence-electron chi connectivity index (χ3n) is 6.16. The van der Waals surface area contributed by atoms with Crippen LogP contribution in [0.5, 0.6) is 0 Å². The van der Waals surface area contributed by atoms with Gasteiger partial charge in [0, 0.05) is 36.3 Å². The Morgan fingerprint density at radius 2 is 1.75 bits per heavy atom. The average Bonchev–Trinajstić information content (AvgIpc) is 2.86. The van der Waals surface area contributed by atoms with Crippen molar-refractivity contribution in [1.29, 1.82) is 0 Å². The Kier molecular flexibility index (Phi) is 7.00. The number of fused-ring (bicyclic) bond motifs is 1. The highest BCUT2D eigenvalue weighted by Gasteiger charge is 2.29. The van der Waals surface area contributed by atoms with Crippen molar-refractivity contribution in [3.8, 4) is 0 Å². The van der Waals surface area contributed by atoms with Crippen LogP contribution < -0.4 is 26.4 Å². The third-order valence-corrected chi connectivity index (χ3v) is 6.16. The molecule has 0 saturated carbocycles. The number of benzene rings is 2. The summed E-state index contributed by atoms with van der Waals surface area (Å²) in [6.07, 6.45) is 0.100. The molecule has 0 aliphatic heterocycles. The summed E-state index contributed by atoms with van der Waals surface area (Å²) < 4.78 is 13.8. The van der Waals surface area contributed by atoms with Crippen LogP contribution in [0.2, 0.25) is 0 Å². The lowest BCUT2D eigenvalue weighted by atomic mass is 10.0. The van der Waals surface area contributed by atoms with E-state index in [1.165, 1.54) is 12.1 Å². The first-order valence-corrected chi connectivity index (χ1v) is 11.7. The summed E-state index contributed by atoms with van der Waals surface area (Å²) in [5.74, 6) is -0.968. The Hall–Kier alpha value is -4.27. The highest BCUT2D eigenvalue weighted by atomic mass is 19.1. The van der Waals surface area contributed by atoms with Crippen molar-refractivity contribution in [2.24, 2.45) is 0 Å². The molecule has 0 saturated heterocycles. The third kappa shape index (κ3) is 4.91. The molecule has 0 unspecified atom stereocenters. The highest BCUT2D eigenvalue weighted by molar-refractivity contribution is 5.93. The number of hydrogen-bond donors (Lipinski definition) is 3. The second kappa shape index (κ2) is 10.2. The molecule has 8 nitrogen and oxygen atoms in total. The predicted molar refractivity (Wildman–Crippen MR) is 140 cm³/mol. The van der Waals surface area contributed by atoms with E-state index in [0.717, 1.165) is 16.6 Å². The zero-order chi connectivity index (χ0) is 26.0. The number of pyridine rings is 1. The molecule has 1 aromatic heterocycles. The van der Waals surface area contributed by atoms with Crippen molar-refractivity contribution >= 4 is 39.6 Å². The molecule has 3 aromatic carbocycles. The molecule has 1 atom stereocenters. The summed E-state index contributed by atoms with van der Waals surface area (Å²) in [7, 11) is 0. The van der Waals surface area contributed by atoms with Crippen LogP contribution in [0, 0.1) is 12.7 Å². The molecule has 0 radical (unpaired) electrons. The minimum atomic E-state index is -1.13. The number of aryl methyl sites for hydroxylation is 1. The van der Waals surface area contributed by atoms with E-state index < -0.39 is 22.9 Å². The van der Waals surface area contributed by atoms with E-state index >= 15 is 0 Å². The SMILES string of the molecule is CCN(CC)c1c(N[C@@H](Cc2ccc(Nc3nc(C)cc4ccc(F)cc34)cc2)C(=O)O)c(=O)c1=O. The molecule has 3 N–H and O–H groups in total. The second-order valence-electron chi connectivity index (χ2n) is 8.59. The molecule has 0 amide bonds. The van der Waals surface area contributed by atoms with Crippen LogP contribution >= 0.6 is 0 Å². The Balaban J connectivity index is 1.52. The van der Waals surface area contributed by atoms with Gasteiger partial charge >= 0.3 is 5.97 Å². The quantitative estimate of drug-likeness (QED) is 0.286. The van der Waals surface area contributed by atoms with Gasteiger partial charge in [-0.15, -0.1) is 0 Å². The van der Waals surface area contributed by atoms with Crippen LogP contribution in [0.4, 0.5) is 27.3 Å². The molecule has 4 rings (SSSR count). The number of aliphatic carboxylic acids is 1. The number of aromatic nitrogens is 1. The molecule has 1 heterocycles. The van der Waals surface area contributed by atoms with Gasteiger partial charge in [0.1, 0.15) is 29.1 Å². The Bertz CT molecular complexity index is 1490. The van der Waals surface area contributed by atoms with Crippen molar-refractivity contribution in [1.82, 2.24) is 4.98 Å². The largest absolute Gasteiger partial charge is 0.480 e. The van der Waals surface area contributed by atoms with Gasteiger partial charge in [0.05, 0.1) is 0 Å². The van der Waals surface area contributed by atoms with E-state index in [-0.39, 0.29) is 23.6 Å². The molecule has 9 heteroatoms. The lowest BCUT2D eigenvalue weighted by molar-refractivity contribution is -0.137. The standard InChI is InChI=1S/C27H27FN4O4/c1-4-32(5-2)23-22(24(33)25(23)34)31-21(27(35)36)13-16-6-10-19(11-7-16)30-26-20-14-18(28)9-8-17(20)12-15(3)29-26/h6-12,14,21,31H,4-5,13H2,1-3H3,(H,29,30)(H,35,36)/t21-/m0/s1. The molecule has 4 aromatic rings. The monoisotopic (exact) mass is 490 g/mol. The van der Waals surface area contributed by atoms with E-state index in [4.69, 9.17) is 0 Å². The summed E-state index contributed by atoms with van der Waals surface area (Å²) in [4.78, 5) is 42.4. The van der Waals surface area contributed by atoms with Gasteiger partial charge in [-0.05, 0) is 62.1 Å². The summed E-state index contributed by atoms with van der Waals surface area (Å²) >= 11 is 0. The van der Waals surface area contributed by atoms with Crippen molar-refractivity contribution < 1.29 is 14.3 Å². The molecule has 0 spiro atoms. The predicted octanol–water partition coefficient (Wildman–Crippen LogP) is 3.98. The number of anilines is 4. The smallest absolute Gasteiger partial charge is 0.326 e. The Morgan fingerprint density at radius 3 is 2.39 bits per heavy atom. The van der Waals surface area contributed by atoms with E-state index in [2.05, 4.69) is 15.6 Å². The first-order chi connectivity index (χ1) is 17.2.